The highest BCUT2D eigenvalue weighted by Gasteiger charge is 2.48. The van der Waals surface area contributed by atoms with Crippen molar-refractivity contribution in [2.45, 2.75) is 34.1 Å². The van der Waals surface area contributed by atoms with E-state index in [0.717, 1.165) is 15.3 Å². The van der Waals surface area contributed by atoms with Crippen LogP contribution in [0.3, 0.4) is 0 Å². The van der Waals surface area contributed by atoms with Crippen LogP contribution in [-0.4, -0.2) is 35.0 Å². The maximum absolute atomic E-state index is 12.6. The summed E-state index contributed by atoms with van der Waals surface area (Å²) in [4.78, 5) is 28.0. The molecule has 0 saturated carbocycles. The van der Waals surface area contributed by atoms with Crippen LogP contribution in [0.25, 0.3) is 0 Å². The summed E-state index contributed by atoms with van der Waals surface area (Å²) in [6.45, 7) is 8.59. The zero-order chi connectivity index (χ0) is 15.1. The molecule has 0 radical (unpaired) electrons. The molecule has 0 aromatic carbocycles. The zero-order valence-electron chi connectivity index (χ0n) is 12.4. The zero-order valence-corrected chi connectivity index (χ0v) is 13.2. The largest absolute Gasteiger partial charge is 0.481 e. The monoisotopic (exact) mass is 295 g/mol. The van der Waals surface area contributed by atoms with E-state index in [9.17, 15) is 14.7 Å². The molecular weight excluding hydrogens is 274 g/mol. The number of amides is 1. The normalized spacial score (nSPS) is 22.6. The van der Waals surface area contributed by atoms with Gasteiger partial charge in [0.25, 0.3) is 5.91 Å². The van der Waals surface area contributed by atoms with Crippen molar-refractivity contribution < 1.29 is 14.7 Å². The SMILES string of the molecule is Cc1cc(C(=O)N2CCC(C(=O)O)(C(C)C)C2)c(C)s1. The lowest BCUT2D eigenvalue weighted by Gasteiger charge is -2.28. The molecule has 2 rings (SSSR count). The fourth-order valence-corrected chi connectivity index (χ4v) is 3.83. The second kappa shape index (κ2) is 5.20. The highest BCUT2D eigenvalue weighted by Crippen LogP contribution is 2.39. The second-order valence-corrected chi connectivity index (χ2v) is 7.38. The van der Waals surface area contributed by atoms with Crippen molar-refractivity contribution in [3.63, 3.8) is 0 Å². The van der Waals surface area contributed by atoms with Gasteiger partial charge in [0.15, 0.2) is 0 Å². The van der Waals surface area contributed by atoms with Crippen LogP contribution in [-0.2, 0) is 4.79 Å². The molecule has 1 aliphatic heterocycles. The summed E-state index contributed by atoms with van der Waals surface area (Å²) in [5.41, 5.74) is -0.0771. The molecule has 1 fully saturated rings. The van der Waals surface area contributed by atoms with Gasteiger partial charge in [-0.3, -0.25) is 9.59 Å². The van der Waals surface area contributed by atoms with Crippen LogP contribution in [0.2, 0.25) is 0 Å². The number of nitrogens with zero attached hydrogens (tertiary/aromatic N) is 1. The van der Waals surface area contributed by atoms with E-state index in [1.807, 2.05) is 33.8 Å². The molecule has 1 amide bonds. The molecule has 4 nitrogen and oxygen atoms in total. The van der Waals surface area contributed by atoms with E-state index in [1.54, 1.807) is 16.2 Å². The number of thiophene rings is 1. The summed E-state index contributed by atoms with van der Waals surface area (Å²) >= 11 is 1.61. The fourth-order valence-electron chi connectivity index (χ4n) is 2.91. The molecule has 0 bridgehead atoms. The summed E-state index contributed by atoms with van der Waals surface area (Å²) in [5.74, 6) is -0.806. The van der Waals surface area contributed by atoms with Gasteiger partial charge in [-0.2, -0.15) is 0 Å². The number of carboxylic acid groups (broad SMARTS) is 1. The van der Waals surface area contributed by atoms with Crippen LogP contribution >= 0.6 is 11.3 Å². The van der Waals surface area contributed by atoms with Crippen molar-refractivity contribution in [2.75, 3.05) is 13.1 Å². The summed E-state index contributed by atoms with van der Waals surface area (Å²) in [6, 6.07) is 1.90. The Hall–Kier alpha value is -1.36. The molecule has 1 saturated heterocycles. The molecular formula is C15H21NO3S. The minimum Gasteiger partial charge on any atom is -0.481 e. The van der Waals surface area contributed by atoms with E-state index in [1.165, 1.54) is 0 Å². The van der Waals surface area contributed by atoms with Crippen LogP contribution in [0.15, 0.2) is 6.07 Å². The van der Waals surface area contributed by atoms with Crippen LogP contribution in [0.1, 0.15) is 40.4 Å². The molecule has 20 heavy (non-hydrogen) atoms. The minimum absolute atomic E-state index is 0.0168. The van der Waals surface area contributed by atoms with Gasteiger partial charge in [-0.25, -0.2) is 0 Å². The van der Waals surface area contributed by atoms with Crippen molar-refractivity contribution in [3.05, 3.63) is 21.4 Å². The third kappa shape index (κ3) is 2.35. The van der Waals surface area contributed by atoms with Gasteiger partial charge in [-0.15, -0.1) is 11.3 Å². The maximum Gasteiger partial charge on any atom is 0.311 e. The van der Waals surface area contributed by atoms with E-state index in [-0.39, 0.29) is 11.8 Å². The van der Waals surface area contributed by atoms with Gasteiger partial charge in [0.05, 0.1) is 11.0 Å². The first-order chi connectivity index (χ1) is 9.28. The number of carboxylic acids is 1. The van der Waals surface area contributed by atoms with Crippen molar-refractivity contribution in [1.82, 2.24) is 4.90 Å². The Morgan fingerprint density at radius 3 is 2.45 bits per heavy atom. The minimum atomic E-state index is -0.797. The summed E-state index contributed by atoms with van der Waals surface area (Å²) < 4.78 is 0. The number of aryl methyl sites for hydroxylation is 2. The van der Waals surface area contributed by atoms with Crippen molar-refractivity contribution in [3.8, 4) is 0 Å². The molecule has 5 heteroatoms. The first-order valence-corrected chi connectivity index (χ1v) is 7.69. The Balaban J connectivity index is 2.23. The predicted molar refractivity (Wildman–Crippen MR) is 79.2 cm³/mol. The average Bonchev–Trinajstić information content (AvgIpc) is 2.93. The van der Waals surface area contributed by atoms with Gasteiger partial charge in [-0.1, -0.05) is 13.8 Å². The van der Waals surface area contributed by atoms with Gasteiger partial charge in [0.2, 0.25) is 0 Å². The molecule has 1 aliphatic rings. The lowest BCUT2D eigenvalue weighted by Crippen LogP contribution is -2.40. The van der Waals surface area contributed by atoms with E-state index >= 15 is 0 Å². The van der Waals surface area contributed by atoms with E-state index in [0.29, 0.717) is 19.5 Å². The molecule has 1 N–H and O–H groups in total. The number of aliphatic carboxylic acids is 1. The smallest absolute Gasteiger partial charge is 0.311 e. The number of hydrogen-bond donors (Lipinski definition) is 1. The Kier molecular flexibility index (Phi) is 3.91. The lowest BCUT2D eigenvalue weighted by molar-refractivity contribution is -0.150. The standard InChI is InChI=1S/C15H21NO3S/c1-9(2)15(14(18)19)5-6-16(8-15)13(17)12-7-10(3)20-11(12)4/h7,9H,5-6,8H2,1-4H3,(H,18,19). The maximum atomic E-state index is 12.6. The van der Waals surface area contributed by atoms with Gasteiger partial charge >= 0.3 is 5.97 Å². The third-order valence-corrected chi connectivity index (χ3v) is 5.36. The average molecular weight is 295 g/mol. The molecule has 1 atom stereocenters. The number of carbonyl (C=O) groups excluding carboxylic acids is 1. The highest BCUT2D eigenvalue weighted by molar-refractivity contribution is 7.12. The Labute approximate surface area is 123 Å². The van der Waals surface area contributed by atoms with Gasteiger partial charge in [0.1, 0.15) is 0 Å². The van der Waals surface area contributed by atoms with Crippen molar-refractivity contribution in [1.29, 1.82) is 0 Å². The first-order valence-electron chi connectivity index (χ1n) is 6.87. The summed E-state index contributed by atoms with van der Waals surface area (Å²) in [6.07, 6.45) is 0.536. The van der Waals surface area contributed by atoms with Crippen LogP contribution in [0.4, 0.5) is 0 Å². The first kappa shape index (κ1) is 15.0. The van der Waals surface area contributed by atoms with Gasteiger partial charge in [0, 0.05) is 22.8 Å². The number of likely N-dealkylation sites (tertiary alicyclic amines) is 1. The van der Waals surface area contributed by atoms with Gasteiger partial charge in [-0.05, 0) is 32.3 Å². The summed E-state index contributed by atoms with van der Waals surface area (Å²) in [7, 11) is 0. The quantitative estimate of drug-likeness (QED) is 0.932. The molecule has 0 spiro atoms. The van der Waals surface area contributed by atoms with Crippen molar-refractivity contribution >= 4 is 23.2 Å². The highest BCUT2D eigenvalue weighted by atomic mass is 32.1. The fraction of sp³-hybridized carbons (Fsp3) is 0.600. The molecule has 1 unspecified atom stereocenters. The van der Waals surface area contributed by atoms with Crippen LogP contribution in [0, 0.1) is 25.2 Å². The topological polar surface area (TPSA) is 57.6 Å². The molecule has 0 aliphatic carbocycles. The second-order valence-electron chi connectivity index (χ2n) is 5.92. The Morgan fingerprint density at radius 1 is 1.40 bits per heavy atom. The molecule has 2 heterocycles. The molecule has 1 aromatic heterocycles. The van der Waals surface area contributed by atoms with Crippen molar-refractivity contribution in [2.24, 2.45) is 11.3 Å². The summed E-state index contributed by atoms with van der Waals surface area (Å²) in [5, 5.41) is 9.53. The van der Waals surface area contributed by atoms with E-state index in [4.69, 9.17) is 0 Å². The number of hydrogen-bond acceptors (Lipinski definition) is 3. The van der Waals surface area contributed by atoms with E-state index < -0.39 is 11.4 Å². The molecule has 1 aromatic rings. The Bertz CT molecular complexity index is 549. The number of rotatable bonds is 3. The number of carbonyl (C=O) groups is 2. The lowest BCUT2D eigenvalue weighted by atomic mass is 9.76. The van der Waals surface area contributed by atoms with Crippen LogP contribution < -0.4 is 0 Å². The van der Waals surface area contributed by atoms with E-state index in [2.05, 4.69) is 0 Å². The Morgan fingerprint density at radius 2 is 2.05 bits per heavy atom. The van der Waals surface area contributed by atoms with Crippen LogP contribution in [0.5, 0.6) is 0 Å². The molecule has 110 valence electrons. The third-order valence-electron chi connectivity index (χ3n) is 4.39. The van der Waals surface area contributed by atoms with Gasteiger partial charge < -0.3 is 10.0 Å². The predicted octanol–water partition coefficient (Wildman–Crippen LogP) is 2.94.